The van der Waals surface area contributed by atoms with Gasteiger partial charge in [-0.25, -0.2) is 19.6 Å². The summed E-state index contributed by atoms with van der Waals surface area (Å²) in [6.07, 6.45) is 6.12. The number of rotatable bonds is 16. The number of hydrogen-bond acceptors (Lipinski definition) is 18. The van der Waals surface area contributed by atoms with Gasteiger partial charge in [0.25, 0.3) is 11.8 Å². The van der Waals surface area contributed by atoms with Crippen LogP contribution in [0.3, 0.4) is 0 Å². The number of hydrogen-bond donors (Lipinski definition) is 4. The van der Waals surface area contributed by atoms with Gasteiger partial charge in [0.2, 0.25) is 0 Å². The highest BCUT2D eigenvalue weighted by molar-refractivity contribution is 5.95. The largest absolute Gasteiger partial charge is 0.457 e. The summed E-state index contributed by atoms with van der Waals surface area (Å²) in [7, 11) is 0. The van der Waals surface area contributed by atoms with E-state index in [-0.39, 0.29) is 47.8 Å². The van der Waals surface area contributed by atoms with E-state index in [4.69, 9.17) is 9.47 Å². The minimum atomic E-state index is -0.716. The van der Waals surface area contributed by atoms with Crippen LogP contribution in [0, 0.1) is 13.8 Å². The van der Waals surface area contributed by atoms with Crippen LogP contribution in [0.5, 0.6) is 0 Å². The van der Waals surface area contributed by atoms with Crippen LogP contribution < -0.4 is 10.6 Å². The third kappa shape index (κ3) is 10.9. The van der Waals surface area contributed by atoms with E-state index >= 15 is 0 Å². The summed E-state index contributed by atoms with van der Waals surface area (Å²) in [6, 6.07) is 34.3. The molecular formula is C58H58N14O8. The van der Waals surface area contributed by atoms with Gasteiger partial charge in [-0.3, -0.25) is 19.4 Å². The second-order valence-electron chi connectivity index (χ2n) is 20.7. The molecule has 0 saturated carbocycles. The molecule has 4 aromatic carbocycles. The van der Waals surface area contributed by atoms with E-state index in [1.54, 1.807) is 36.4 Å². The predicted molar refractivity (Wildman–Crippen MR) is 287 cm³/mol. The van der Waals surface area contributed by atoms with Gasteiger partial charge >= 0.3 is 11.9 Å². The molecule has 2 fully saturated rings. The first kappa shape index (κ1) is 53.1. The third-order valence-electron chi connectivity index (χ3n) is 16.0. The Morgan fingerprint density at radius 3 is 1.39 bits per heavy atom. The highest BCUT2D eigenvalue weighted by atomic mass is 16.5. The Balaban J connectivity index is 0.000000169. The van der Waals surface area contributed by atoms with Gasteiger partial charge in [-0.1, -0.05) is 72.8 Å². The van der Waals surface area contributed by atoms with Crippen molar-refractivity contribution >= 4 is 23.8 Å². The van der Waals surface area contributed by atoms with Gasteiger partial charge in [0.15, 0.2) is 11.6 Å². The number of aliphatic hydroxyl groups is 2. The average molecular weight is 1080 g/mol. The summed E-state index contributed by atoms with van der Waals surface area (Å²) in [5.41, 5.74) is 8.81. The molecule has 4 N–H and O–H groups in total. The van der Waals surface area contributed by atoms with Crippen LogP contribution in [0.25, 0.3) is 11.6 Å². The van der Waals surface area contributed by atoms with Gasteiger partial charge in [0, 0.05) is 73.6 Å². The number of amides is 2. The summed E-state index contributed by atoms with van der Waals surface area (Å²) in [4.78, 5) is 63.1. The lowest BCUT2D eigenvalue weighted by Crippen LogP contribution is -2.43. The van der Waals surface area contributed by atoms with Crippen LogP contribution in [0.1, 0.15) is 111 Å². The van der Waals surface area contributed by atoms with Crippen molar-refractivity contribution in [3.63, 3.8) is 0 Å². The number of aromatic nitrogens is 10. The van der Waals surface area contributed by atoms with Crippen LogP contribution in [-0.2, 0) is 33.5 Å². The lowest BCUT2D eigenvalue weighted by atomic mass is 9.79. The van der Waals surface area contributed by atoms with E-state index in [0.717, 1.165) is 70.4 Å². The number of esters is 2. The Labute approximate surface area is 459 Å². The van der Waals surface area contributed by atoms with Crippen molar-refractivity contribution in [3.8, 4) is 11.6 Å². The highest BCUT2D eigenvalue weighted by Crippen LogP contribution is 2.38. The normalized spacial score (nSPS) is 19.3. The molecule has 0 radical (unpaired) electrons. The maximum Gasteiger partial charge on any atom is 0.338 e. The maximum absolute atomic E-state index is 13.1. The van der Waals surface area contributed by atoms with E-state index < -0.39 is 12.2 Å². The van der Waals surface area contributed by atoms with Crippen LogP contribution in [-0.4, -0.2) is 147 Å². The zero-order valence-electron chi connectivity index (χ0n) is 44.1. The van der Waals surface area contributed by atoms with Crippen LogP contribution in [0.15, 0.2) is 134 Å². The van der Waals surface area contributed by atoms with E-state index in [9.17, 15) is 29.4 Å². The molecule has 2 saturated heterocycles. The molecule has 4 aliphatic heterocycles. The molecule has 8 heterocycles. The first-order chi connectivity index (χ1) is 38.9. The van der Waals surface area contributed by atoms with Gasteiger partial charge in [0.05, 0.1) is 34.5 Å². The molecule has 408 valence electrons. The lowest BCUT2D eigenvalue weighted by molar-refractivity contribution is 0.0525. The number of benzene rings is 4. The van der Waals surface area contributed by atoms with Gasteiger partial charge in [-0.2, -0.15) is 9.36 Å². The average Bonchev–Trinajstić information content (AvgIpc) is 4.43. The number of carbonyl (C=O) groups is 4. The number of tetrazole rings is 2. The minimum absolute atomic E-state index is 0.213. The monoisotopic (exact) mass is 1080 g/mol. The van der Waals surface area contributed by atoms with Crippen molar-refractivity contribution < 1.29 is 38.9 Å². The number of nitrogens with one attached hydrogen (secondary N) is 2. The molecular weight excluding hydrogens is 1020 g/mol. The number of cyclic esters (lactones) is 2. The first-order valence-corrected chi connectivity index (χ1v) is 26.3. The fourth-order valence-electron chi connectivity index (χ4n) is 11.5. The molecule has 8 aromatic rings. The Morgan fingerprint density at radius 2 is 1.01 bits per heavy atom. The van der Waals surface area contributed by atoms with Crippen molar-refractivity contribution in [1.82, 2.24) is 70.8 Å². The molecule has 4 aliphatic rings. The topological polar surface area (TPSA) is 271 Å². The molecule has 0 aliphatic carbocycles. The summed E-state index contributed by atoms with van der Waals surface area (Å²) >= 11 is 0. The molecule has 0 spiro atoms. The molecule has 12 rings (SSSR count). The van der Waals surface area contributed by atoms with Gasteiger partial charge in [0.1, 0.15) is 25.9 Å². The molecule has 2 amide bonds. The first-order valence-electron chi connectivity index (χ1n) is 26.3. The van der Waals surface area contributed by atoms with Crippen LogP contribution in [0.4, 0.5) is 0 Å². The summed E-state index contributed by atoms with van der Waals surface area (Å²) in [5.74, 6) is -0.0135. The van der Waals surface area contributed by atoms with Gasteiger partial charge in [-0.15, -0.1) is 10.2 Å². The lowest BCUT2D eigenvalue weighted by Gasteiger charge is -2.31. The number of carbonyl (C=O) groups excluding carboxylic acids is 4. The number of β-amino-alcohol motifs (C(OH)–C–C–N with tert-alkyl or cyclic N) is 2. The smallest absolute Gasteiger partial charge is 0.338 e. The predicted octanol–water partition coefficient (Wildman–Crippen LogP) is 4.29. The molecule has 22 heteroatoms. The molecule has 4 aromatic heterocycles. The third-order valence-corrected chi connectivity index (χ3v) is 16.0. The Morgan fingerprint density at radius 1 is 0.588 bits per heavy atom. The standard InChI is InChI=1S/2C29H29N7O4/c2*1-19-22(8-9-23-24(19)15-40-28(23)39)25(37)14-35-12-11-29(17-35,21-5-3-2-4-6-21)16-31-27(38)20-7-10-26(30-13-20)36-18-32-33-34-36/h2*2-10,13,18,25,37H,11-12,14-17H2,1H3,(H,31,38)/t25-,29+;25-,29-/m00/s1. The summed E-state index contributed by atoms with van der Waals surface area (Å²) in [5, 5.41) is 50.7. The van der Waals surface area contributed by atoms with E-state index in [2.05, 4.69) is 85.7 Å². The van der Waals surface area contributed by atoms with E-state index in [0.29, 0.717) is 73.2 Å². The second-order valence-corrected chi connectivity index (χ2v) is 20.7. The SMILES string of the molecule is Cc1c([C@@H](O)CN2CC[C@@](CNC(=O)c3ccc(-n4cnnn4)nc3)(c3ccccc3)C2)ccc2c1COC2=O.Cc1c([C@@H](O)CN2CC[C@](CNC(=O)c3ccc(-n4cnnn4)nc3)(c3ccccc3)C2)ccc2c1COC2=O. The van der Waals surface area contributed by atoms with Crippen molar-refractivity contribution in [2.75, 3.05) is 52.4 Å². The number of nitrogens with zero attached hydrogens (tertiary/aromatic N) is 12. The fraction of sp³-hybridized carbons (Fsp3) is 0.310. The number of pyridine rings is 2. The number of aliphatic hydroxyl groups excluding tert-OH is 2. The van der Waals surface area contributed by atoms with Crippen molar-refractivity contribution in [2.45, 2.75) is 62.9 Å². The summed E-state index contributed by atoms with van der Waals surface area (Å²) < 4.78 is 13.2. The molecule has 80 heavy (non-hydrogen) atoms. The van der Waals surface area contributed by atoms with E-state index in [1.807, 2.05) is 62.4 Å². The van der Waals surface area contributed by atoms with Gasteiger partial charge < -0.3 is 30.3 Å². The highest BCUT2D eigenvalue weighted by Gasteiger charge is 2.42. The number of fused-ring (bicyclic) bond motifs is 2. The van der Waals surface area contributed by atoms with E-state index in [1.165, 1.54) is 34.4 Å². The summed E-state index contributed by atoms with van der Waals surface area (Å²) in [6.45, 7) is 9.02. The van der Waals surface area contributed by atoms with Crippen LogP contribution in [0.2, 0.25) is 0 Å². The number of likely N-dealkylation sites (tertiary alicyclic amines) is 2. The molecule has 0 unspecified atom stereocenters. The molecule has 4 atom stereocenters. The Bertz CT molecular complexity index is 3290. The van der Waals surface area contributed by atoms with Crippen molar-refractivity contribution in [2.24, 2.45) is 0 Å². The number of ether oxygens (including phenoxy) is 2. The zero-order chi connectivity index (χ0) is 55.4. The Kier molecular flexibility index (Phi) is 15.1. The van der Waals surface area contributed by atoms with Crippen LogP contribution >= 0.6 is 0 Å². The molecule has 22 nitrogen and oxygen atoms in total. The second kappa shape index (κ2) is 22.8. The zero-order valence-corrected chi connectivity index (χ0v) is 44.1. The maximum atomic E-state index is 13.1. The fourth-order valence-corrected chi connectivity index (χ4v) is 11.5. The molecule has 0 bridgehead atoms. The van der Waals surface area contributed by atoms with Gasteiger partial charge in [-0.05, 0) is 130 Å². The Hall–Kier alpha value is -8.96. The van der Waals surface area contributed by atoms with Crippen molar-refractivity contribution in [1.29, 1.82) is 0 Å². The van der Waals surface area contributed by atoms with Crippen molar-refractivity contribution in [3.05, 3.63) is 201 Å². The quantitative estimate of drug-likeness (QED) is 0.0983. The minimum Gasteiger partial charge on any atom is -0.457 e.